The molecule has 5 aliphatic rings. The van der Waals surface area contributed by atoms with Crippen LogP contribution in [0.15, 0.2) is 23.5 Å². The maximum atomic E-state index is 13.1. The Kier molecular flexibility index (Phi) is 3.81. The van der Waals surface area contributed by atoms with E-state index in [4.69, 9.17) is 14.2 Å². The first kappa shape index (κ1) is 17.7. The van der Waals surface area contributed by atoms with Crippen LogP contribution in [0.1, 0.15) is 46.0 Å². The van der Waals surface area contributed by atoms with Gasteiger partial charge in [-0.25, -0.2) is 0 Å². The lowest BCUT2D eigenvalue weighted by molar-refractivity contribution is -0.165. The normalized spacial score (nSPS) is 51.3. The van der Waals surface area contributed by atoms with E-state index in [1.807, 2.05) is 6.92 Å². The maximum absolute atomic E-state index is 13.1. The minimum atomic E-state index is -0.868. The summed E-state index contributed by atoms with van der Waals surface area (Å²) in [5.74, 6) is -1.74. The monoisotopic (exact) mass is 376 g/mol. The van der Waals surface area contributed by atoms with Gasteiger partial charge >= 0.3 is 5.97 Å². The molecule has 3 fully saturated rings. The minimum absolute atomic E-state index is 0.0139. The second kappa shape index (κ2) is 5.82. The standard InChI is InChI=1S/C21H28O6/c1-20-6-5-13(22)7-12(20)8-15(23)17-14(20)4-3-11-9-25-21(2)18(11)16(10-26-21)27-19(17)24/h8-9,13-18,22-23H,3-7,10H2,1-2H3/t13-,14-,15-,16+,17-,18+,20-,21-/m0/s1. The molecule has 8 atom stereocenters. The van der Waals surface area contributed by atoms with E-state index in [1.54, 1.807) is 12.3 Å². The third-order valence-electron chi connectivity index (χ3n) is 7.78. The van der Waals surface area contributed by atoms with Crippen molar-refractivity contribution in [2.45, 2.75) is 70.1 Å². The van der Waals surface area contributed by atoms with Crippen molar-refractivity contribution in [3.63, 3.8) is 0 Å². The zero-order chi connectivity index (χ0) is 19.0. The van der Waals surface area contributed by atoms with Crippen molar-refractivity contribution >= 4 is 5.97 Å². The molecule has 0 aromatic heterocycles. The zero-order valence-corrected chi connectivity index (χ0v) is 15.9. The quantitative estimate of drug-likeness (QED) is 0.497. The number of rotatable bonds is 0. The predicted octanol–water partition coefficient (Wildman–Crippen LogP) is 2.05. The third-order valence-corrected chi connectivity index (χ3v) is 7.78. The van der Waals surface area contributed by atoms with Crippen molar-refractivity contribution in [1.82, 2.24) is 0 Å². The summed E-state index contributed by atoms with van der Waals surface area (Å²) < 4.78 is 17.5. The first-order chi connectivity index (χ1) is 12.8. The van der Waals surface area contributed by atoms with Crippen LogP contribution < -0.4 is 0 Å². The van der Waals surface area contributed by atoms with E-state index in [1.165, 1.54) is 0 Å². The molecule has 0 bridgehead atoms. The van der Waals surface area contributed by atoms with Gasteiger partial charge in [0.15, 0.2) is 0 Å². The molecule has 6 nitrogen and oxygen atoms in total. The van der Waals surface area contributed by atoms with Crippen LogP contribution in [0.4, 0.5) is 0 Å². The van der Waals surface area contributed by atoms with Gasteiger partial charge in [-0.3, -0.25) is 4.79 Å². The number of ether oxygens (including phenoxy) is 3. The Bertz CT molecular complexity index is 728. The number of fused-ring (bicyclic) bond motifs is 3. The Morgan fingerprint density at radius 3 is 2.85 bits per heavy atom. The SMILES string of the molecule is C[C@]12OC=C3CC[C@H]4[C@H](C(=O)O[C@H](CO1)[C@@H]32)[C@@H](O)C=C1C[C@@H](O)CC[C@@]14C. The molecule has 27 heavy (non-hydrogen) atoms. The zero-order valence-electron chi connectivity index (χ0n) is 15.9. The predicted molar refractivity (Wildman–Crippen MR) is 95.2 cm³/mol. The van der Waals surface area contributed by atoms with Crippen molar-refractivity contribution in [1.29, 1.82) is 0 Å². The highest BCUT2D eigenvalue weighted by atomic mass is 16.7. The second-order valence-electron chi connectivity index (χ2n) is 9.26. The molecule has 3 aliphatic heterocycles. The van der Waals surface area contributed by atoms with Crippen LogP contribution in [0.3, 0.4) is 0 Å². The number of carbonyl (C=O) groups is 1. The second-order valence-corrected chi connectivity index (χ2v) is 9.26. The van der Waals surface area contributed by atoms with E-state index in [0.717, 1.165) is 36.8 Å². The Morgan fingerprint density at radius 2 is 2.04 bits per heavy atom. The minimum Gasteiger partial charge on any atom is -0.469 e. The van der Waals surface area contributed by atoms with Crippen LogP contribution in [0, 0.1) is 23.2 Å². The van der Waals surface area contributed by atoms with Crippen molar-refractivity contribution in [3.05, 3.63) is 23.5 Å². The van der Waals surface area contributed by atoms with E-state index in [0.29, 0.717) is 13.0 Å². The fraction of sp³-hybridized carbons (Fsp3) is 0.762. The summed E-state index contributed by atoms with van der Waals surface area (Å²) >= 11 is 0. The lowest BCUT2D eigenvalue weighted by atomic mass is 9.55. The summed E-state index contributed by atoms with van der Waals surface area (Å²) in [5.41, 5.74) is 2.03. The number of aliphatic hydroxyl groups is 2. The van der Waals surface area contributed by atoms with Gasteiger partial charge in [0.2, 0.25) is 5.79 Å². The fourth-order valence-electron chi connectivity index (χ4n) is 6.23. The van der Waals surface area contributed by atoms with E-state index >= 15 is 0 Å². The average molecular weight is 376 g/mol. The summed E-state index contributed by atoms with van der Waals surface area (Å²) in [5, 5.41) is 20.9. The van der Waals surface area contributed by atoms with Gasteiger partial charge in [0.05, 0.1) is 36.9 Å². The smallest absolute Gasteiger partial charge is 0.312 e. The number of hydrogen-bond donors (Lipinski definition) is 2. The summed E-state index contributed by atoms with van der Waals surface area (Å²) in [4.78, 5) is 13.1. The molecule has 2 saturated heterocycles. The van der Waals surface area contributed by atoms with Crippen molar-refractivity contribution in [2.24, 2.45) is 23.2 Å². The van der Waals surface area contributed by atoms with Gasteiger partial charge in [0, 0.05) is 6.92 Å². The summed E-state index contributed by atoms with van der Waals surface area (Å²) in [6, 6.07) is 0. The van der Waals surface area contributed by atoms with E-state index < -0.39 is 17.8 Å². The van der Waals surface area contributed by atoms with Crippen LogP contribution in [0.25, 0.3) is 0 Å². The molecule has 3 heterocycles. The van der Waals surface area contributed by atoms with E-state index in [2.05, 4.69) is 6.92 Å². The van der Waals surface area contributed by atoms with Gasteiger partial charge in [-0.05, 0) is 49.0 Å². The van der Waals surface area contributed by atoms with E-state index in [-0.39, 0.29) is 35.4 Å². The molecule has 2 N–H and O–H groups in total. The molecule has 0 spiro atoms. The van der Waals surface area contributed by atoms with Gasteiger partial charge in [0.1, 0.15) is 6.10 Å². The highest BCUT2D eigenvalue weighted by Crippen LogP contribution is 2.56. The highest BCUT2D eigenvalue weighted by molar-refractivity contribution is 5.75. The first-order valence-electron chi connectivity index (χ1n) is 10.1. The Morgan fingerprint density at radius 1 is 1.22 bits per heavy atom. The van der Waals surface area contributed by atoms with Crippen LogP contribution in [0.5, 0.6) is 0 Å². The molecule has 0 amide bonds. The molecule has 2 aliphatic carbocycles. The van der Waals surface area contributed by atoms with Gasteiger partial charge < -0.3 is 24.4 Å². The van der Waals surface area contributed by atoms with Crippen molar-refractivity contribution in [2.75, 3.05) is 6.61 Å². The molecular weight excluding hydrogens is 348 g/mol. The van der Waals surface area contributed by atoms with Crippen LogP contribution in [-0.4, -0.2) is 46.9 Å². The highest BCUT2D eigenvalue weighted by Gasteiger charge is 2.58. The topological polar surface area (TPSA) is 85.2 Å². The molecule has 0 radical (unpaired) electrons. The average Bonchev–Trinajstić information content (AvgIpc) is 3.11. The molecule has 5 rings (SSSR count). The van der Waals surface area contributed by atoms with Gasteiger partial charge in [-0.15, -0.1) is 0 Å². The number of esters is 1. The number of hydrogen-bond acceptors (Lipinski definition) is 6. The molecule has 1 saturated carbocycles. The fourth-order valence-corrected chi connectivity index (χ4v) is 6.23. The van der Waals surface area contributed by atoms with Gasteiger partial charge in [0.25, 0.3) is 0 Å². The Balaban J connectivity index is 1.53. The summed E-state index contributed by atoms with van der Waals surface area (Å²) in [6.07, 6.45) is 5.71. The van der Waals surface area contributed by atoms with Gasteiger partial charge in [-0.2, -0.15) is 0 Å². The number of aliphatic hydroxyl groups excluding tert-OH is 2. The molecular formula is C21H28O6. The summed E-state index contributed by atoms with van der Waals surface area (Å²) in [7, 11) is 0. The first-order valence-corrected chi connectivity index (χ1v) is 10.1. The lowest BCUT2D eigenvalue weighted by Crippen LogP contribution is -2.50. The maximum Gasteiger partial charge on any atom is 0.312 e. The van der Waals surface area contributed by atoms with Crippen LogP contribution >= 0.6 is 0 Å². The lowest BCUT2D eigenvalue weighted by Gasteiger charge is -2.50. The molecule has 148 valence electrons. The van der Waals surface area contributed by atoms with Gasteiger partial charge in [-0.1, -0.05) is 18.6 Å². The van der Waals surface area contributed by atoms with Crippen LogP contribution in [-0.2, 0) is 19.0 Å². The molecule has 0 unspecified atom stereocenters. The van der Waals surface area contributed by atoms with Crippen molar-refractivity contribution in [3.8, 4) is 0 Å². The van der Waals surface area contributed by atoms with E-state index in [9.17, 15) is 15.0 Å². The Labute approximate surface area is 159 Å². The summed E-state index contributed by atoms with van der Waals surface area (Å²) in [6.45, 7) is 4.41. The largest absolute Gasteiger partial charge is 0.469 e. The molecule has 0 aromatic carbocycles. The Hall–Kier alpha value is -1.37. The number of carbonyl (C=O) groups excluding carboxylic acids is 1. The molecule has 6 heteroatoms. The van der Waals surface area contributed by atoms with Crippen LogP contribution in [0.2, 0.25) is 0 Å². The molecule has 0 aromatic rings. The van der Waals surface area contributed by atoms with Crippen molar-refractivity contribution < 1.29 is 29.2 Å². The third kappa shape index (κ3) is 2.46.